The van der Waals surface area contributed by atoms with E-state index in [1.165, 1.54) is 29.3 Å². The largest absolute Gasteiger partial charge is 0.493 e. The number of hydrogen-bond donors (Lipinski definition) is 0. The summed E-state index contributed by atoms with van der Waals surface area (Å²) in [5.41, 5.74) is 1.94. The Labute approximate surface area is 191 Å². The molecule has 166 valence electrons. The fourth-order valence-corrected chi connectivity index (χ4v) is 4.37. The minimum absolute atomic E-state index is 0.215. The average molecular weight is 451 g/mol. The van der Waals surface area contributed by atoms with E-state index in [0.717, 1.165) is 24.0 Å². The number of aromatic nitrogens is 3. The summed E-state index contributed by atoms with van der Waals surface area (Å²) in [5, 5.41) is 13.1. The Hall–Kier alpha value is -3.13. The second-order valence-corrected chi connectivity index (χ2v) is 8.58. The van der Waals surface area contributed by atoms with Gasteiger partial charge in [-0.15, -0.1) is 10.2 Å². The lowest BCUT2D eigenvalue weighted by molar-refractivity contribution is 0.201. The van der Waals surface area contributed by atoms with E-state index >= 15 is 0 Å². The van der Waals surface area contributed by atoms with Crippen LogP contribution in [0.25, 0.3) is 0 Å². The molecule has 1 aliphatic rings. The summed E-state index contributed by atoms with van der Waals surface area (Å²) >= 11 is 1.42. The van der Waals surface area contributed by atoms with E-state index in [9.17, 15) is 4.79 Å². The smallest absolute Gasteiger partial charge is 0.296 e. The lowest BCUT2D eigenvalue weighted by Gasteiger charge is -2.16. The third-order valence-electron chi connectivity index (χ3n) is 5.29. The van der Waals surface area contributed by atoms with Crippen LogP contribution >= 0.6 is 11.8 Å². The predicted octanol–water partition coefficient (Wildman–Crippen LogP) is 4.45. The van der Waals surface area contributed by atoms with Gasteiger partial charge in [0.05, 0.1) is 19.4 Å². The molecule has 0 saturated heterocycles. The highest BCUT2D eigenvalue weighted by molar-refractivity contribution is 7.98. The van der Waals surface area contributed by atoms with E-state index in [2.05, 4.69) is 15.3 Å². The number of nitrogens with zero attached hydrogens (tertiary/aromatic N) is 4. The summed E-state index contributed by atoms with van der Waals surface area (Å²) in [6.45, 7) is 1.63. The normalized spacial score (nSPS) is 14.2. The topological polar surface area (TPSA) is 78.6 Å². The highest BCUT2D eigenvalue weighted by Crippen LogP contribution is 2.32. The van der Waals surface area contributed by atoms with Gasteiger partial charge in [0.25, 0.3) is 5.56 Å². The molecule has 0 atom stereocenters. The molecular formula is C24H26N4O3S. The number of methoxy groups -OCH3 is 1. The van der Waals surface area contributed by atoms with Gasteiger partial charge in [0.15, 0.2) is 11.5 Å². The van der Waals surface area contributed by atoms with Gasteiger partial charge >= 0.3 is 0 Å². The van der Waals surface area contributed by atoms with Crippen LogP contribution in [-0.4, -0.2) is 34.3 Å². The standard InChI is InChI=1S/C24H26N4O3S/c1-17-23(29)28(24(27-26-17)32-16-18-8-4-3-5-9-18)25-15-19-12-13-21(30-2)22(14-19)31-20-10-6-7-11-20/h3-5,8-9,12-15,20H,6-7,10-11,16H2,1-2H3. The molecule has 0 radical (unpaired) electrons. The monoisotopic (exact) mass is 450 g/mol. The fraction of sp³-hybridized carbons (Fsp3) is 0.333. The van der Waals surface area contributed by atoms with Gasteiger partial charge in [0.1, 0.15) is 5.69 Å². The predicted molar refractivity (Wildman–Crippen MR) is 126 cm³/mol. The van der Waals surface area contributed by atoms with E-state index < -0.39 is 0 Å². The minimum atomic E-state index is -0.289. The van der Waals surface area contributed by atoms with Gasteiger partial charge in [-0.1, -0.05) is 42.1 Å². The zero-order valence-corrected chi connectivity index (χ0v) is 19.0. The Balaban J connectivity index is 1.58. The van der Waals surface area contributed by atoms with Crippen molar-refractivity contribution in [3.05, 3.63) is 75.7 Å². The quantitative estimate of drug-likeness (QED) is 0.373. The molecule has 32 heavy (non-hydrogen) atoms. The molecule has 0 amide bonds. The van der Waals surface area contributed by atoms with Crippen LogP contribution in [0.4, 0.5) is 0 Å². The van der Waals surface area contributed by atoms with E-state index in [0.29, 0.717) is 28.1 Å². The van der Waals surface area contributed by atoms with Crippen molar-refractivity contribution in [3.8, 4) is 11.5 Å². The molecule has 1 heterocycles. The van der Waals surface area contributed by atoms with Crippen molar-refractivity contribution in [2.75, 3.05) is 7.11 Å². The van der Waals surface area contributed by atoms with Crippen LogP contribution in [0.5, 0.6) is 11.5 Å². The van der Waals surface area contributed by atoms with Gasteiger partial charge in [-0.2, -0.15) is 9.78 Å². The van der Waals surface area contributed by atoms with Gasteiger partial charge in [0, 0.05) is 5.75 Å². The highest BCUT2D eigenvalue weighted by atomic mass is 32.2. The van der Waals surface area contributed by atoms with E-state index in [1.54, 1.807) is 20.2 Å². The van der Waals surface area contributed by atoms with Crippen LogP contribution in [-0.2, 0) is 5.75 Å². The molecule has 1 saturated carbocycles. The van der Waals surface area contributed by atoms with Crippen molar-refractivity contribution in [1.82, 2.24) is 14.9 Å². The summed E-state index contributed by atoms with van der Waals surface area (Å²) in [6, 6.07) is 15.6. The molecule has 1 aromatic heterocycles. The lowest BCUT2D eigenvalue weighted by Crippen LogP contribution is -2.23. The molecule has 3 aromatic rings. The van der Waals surface area contributed by atoms with Crippen molar-refractivity contribution >= 4 is 18.0 Å². The Kier molecular flexibility index (Phi) is 7.21. The van der Waals surface area contributed by atoms with Gasteiger partial charge in [-0.05, 0) is 61.9 Å². The Morgan fingerprint density at radius 3 is 2.66 bits per heavy atom. The third-order valence-corrected chi connectivity index (χ3v) is 6.28. The maximum atomic E-state index is 12.7. The summed E-state index contributed by atoms with van der Waals surface area (Å²) in [6.07, 6.45) is 6.34. The SMILES string of the molecule is COc1ccc(C=Nn2c(SCc3ccccc3)nnc(C)c2=O)cc1OC1CCCC1. The van der Waals surface area contributed by atoms with E-state index in [1.807, 2.05) is 48.5 Å². The molecule has 7 nitrogen and oxygen atoms in total. The number of ether oxygens (including phenoxy) is 2. The van der Waals surface area contributed by atoms with Crippen LogP contribution in [0, 0.1) is 6.92 Å². The van der Waals surface area contributed by atoms with Crippen LogP contribution in [0.3, 0.4) is 0 Å². The minimum Gasteiger partial charge on any atom is -0.493 e. The molecule has 8 heteroatoms. The van der Waals surface area contributed by atoms with Crippen molar-refractivity contribution in [2.45, 2.75) is 49.6 Å². The molecule has 0 spiro atoms. The maximum Gasteiger partial charge on any atom is 0.296 e. The Morgan fingerprint density at radius 2 is 1.91 bits per heavy atom. The zero-order chi connectivity index (χ0) is 22.3. The molecule has 0 N–H and O–H groups in total. The molecule has 0 bridgehead atoms. The number of benzene rings is 2. The van der Waals surface area contributed by atoms with Crippen LogP contribution in [0.2, 0.25) is 0 Å². The second-order valence-electron chi connectivity index (χ2n) is 7.64. The van der Waals surface area contributed by atoms with Crippen molar-refractivity contribution < 1.29 is 9.47 Å². The number of aryl methyl sites for hydroxylation is 1. The summed E-state index contributed by atoms with van der Waals surface area (Å²) < 4.78 is 12.9. The van der Waals surface area contributed by atoms with E-state index in [-0.39, 0.29) is 11.7 Å². The molecule has 0 aliphatic heterocycles. The molecular weight excluding hydrogens is 424 g/mol. The first-order valence-corrected chi connectivity index (χ1v) is 11.6. The van der Waals surface area contributed by atoms with Crippen molar-refractivity contribution in [1.29, 1.82) is 0 Å². The third kappa shape index (κ3) is 5.37. The Bertz CT molecular complexity index is 1140. The first-order chi connectivity index (χ1) is 15.6. The van der Waals surface area contributed by atoms with Crippen LogP contribution < -0.4 is 15.0 Å². The fourth-order valence-electron chi connectivity index (χ4n) is 3.53. The number of hydrogen-bond acceptors (Lipinski definition) is 7. The zero-order valence-electron chi connectivity index (χ0n) is 18.2. The van der Waals surface area contributed by atoms with Crippen molar-refractivity contribution in [3.63, 3.8) is 0 Å². The number of rotatable bonds is 8. The van der Waals surface area contributed by atoms with Gasteiger partial charge in [-0.3, -0.25) is 4.79 Å². The second kappa shape index (κ2) is 10.5. The molecule has 4 rings (SSSR count). The average Bonchev–Trinajstić information content (AvgIpc) is 3.33. The lowest BCUT2D eigenvalue weighted by atomic mass is 10.2. The van der Waals surface area contributed by atoms with Gasteiger partial charge in [-0.25, -0.2) is 0 Å². The van der Waals surface area contributed by atoms with E-state index in [4.69, 9.17) is 9.47 Å². The highest BCUT2D eigenvalue weighted by Gasteiger charge is 2.18. The first kappa shape index (κ1) is 22.1. The maximum absolute atomic E-state index is 12.7. The number of thioether (sulfide) groups is 1. The van der Waals surface area contributed by atoms with Crippen molar-refractivity contribution in [2.24, 2.45) is 5.10 Å². The van der Waals surface area contributed by atoms with Gasteiger partial charge in [0.2, 0.25) is 5.16 Å². The molecule has 1 fully saturated rings. The molecule has 0 unspecified atom stereocenters. The summed E-state index contributed by atoms with van der Waals surface area (Å²) in [5.74, 6) is 2.04. The summed E-state index contributed by atoms with van der Waals surface area (Å²) in [4.78, 5) is 12.7. The Morgan fingerprint density at radius 1 is 1.12 bits per heavy atom. The molecule has 2 aromatic carbocycles. The van der Waals surface area contributed by atoms with Crippen LogP contribution in [0.1, 0.15) is 42.5 Å². The summed E-state index contributed by atoms with van der Waals surface area (Å²) in [7, 11) is 1.63. The first-order valence-electron chi connectivity index (χ1n) is 10.7. The van der Waals surface area contributed by atoms with Crippen LogP contribution in [0.15, 0.2) is 63.6 Å². The molecule has 1 aliphatic carbocycles. The van der Waals surface area contributed by atoms with Gasteiger partial charge < -0.3 is 9.47 Å².